The van der Waals surface area contributed by atoms with E-state index in [2.05, 4.69) is 52.7 Å². The topological polar surface area (TPSA) is 174 Å². The Morgan fingerprint density at radius 2 is 1.45 bits per heavy atom. The number of piperidine rings is 1. The fourth-order valence-electron chi connectivity index (χ4n) is 6.90. The lowest BCUT2D eigenvalue weighted by atomic mass is 10.1. The molecule has 2 fully saturated rings. The molecule has 0 radical (unpaired) electrons. The summed E-state index contributed by atoms with van der Waals surface area (Å²) in [6, 6.07) is 14.5. The van der Waals surface area contributed by atoms with Crippen LogP contribution >= 0.6 is 37.5 Å². The molecule has 2 amide bonds. The number of rotatable bonds is 14. The maximum atomic E-state index is 13.3. The number of para-hydroxylation sites is 2. The Morgan fingerprint density at radius 3 is 2.07 bits per heavy atom. The molecule has 0 aliphatic carbocycles. The summed E-state index contributed by atoms with van der Waals surface area (Å²) in [6.45, 7) is 13.3. The fraction of sp³-hybridized carbons (Fsp3) is 0.350. The first-order valence-corrected chi connectivity index (χ1v) is 24.8. The van der Waals surface area contributed by atoms with Crippen molar-refractivity contribution in [1.29, 1.82) is 0 Å². The van der Waals surface area contributed by atoms with E-state index in [0.717, 1.165) is 6.42 Å². The molecule has 18 heteroatoms. The lowest BCUT2D eigenvalue weighted by Gasteiger charge is -2.31. The second-order valence-corrected chi connectivity index (χ2v) is 22.2. The van der Waals surface area contributed by atoms with Crippen LogP contribution in [0.15, 0.2) is 73.5 Å². The Labute approximate surface area is 349 Å². The number of hydrogen-bond donors (Lipinski definition) is 4. The predicted molar refractivity (Wildman–Crippen MR) is 236 cm³/mol. The molecule has 0 unspecified atom stereocenters. The number of nitrogens with zero attached hydrogens (tertiary/aromatic N) is 6. The average Bonchev–Trinajstić information content (AvgIpc) is 3.62. The number of anilines is 5. The zero-order valence-corrected chi connectivity index (χ0v) is 36.2. The first-order valence-electron chi connectivity index (χ1n) is 18.9. The van der Waals surface area contributed by atoms with Gasteiger partial charge in [0.05, 0.1) is 29.8 Å². The van der Waals surface area contributed by atoms with Crippen molar-refractivity contribution < 1.29 is 18.7 Å². The summed E-state index contributed by atoms with van der Waals surface area (Å²) in [5.74, 6) is 1.14. The second-order valence-electron chi connectivity index (χ2n) is 15.1. The number of hydrogen-bond acceptors (Lipinski definition) is 12. The monoisotopic (exact) mass is 864 g/mol. The number of carbonyl (C=O) groups is 2. The van der Waals surface area contributed by atoms with Crippen molar-refractivity contribution in [3.63, 3.8) is 0 Å². The average molecular weight is 866 g/mol. The molecule has 0 bridgehead atoms. The van der Waals surface area contributed by atoms with Crippen LogP contribution in [0.5, 0.6) is 0 Å². The minimum atomic E-state index is -2.66. The number of aromatic nitrogens is 4. The van der Waals surface area contributed by atoms with Gasteiger partial charge in [0, 0.05) is 54.9 Å². The van der Waals surface area contributed by atoms with E-state index in [0.29, 0.717) is 95.9 Å². The highest BCUT2D eigenvalue weighted by Crippen LogP contribution is 2.40. The van der Waals surface area contributed by atoms with E-state index in [1.807, 2.05) is 48.5 Å². The lowest BCUT2D eigenvalue weighted by Crippen LogP contribution is -2.41. The summed E-state index contributed by atoms with van der Waals surface area (Å²) in [7, 11) is -5.23. The standard InChI is InChI=1S/C40H48Cl2N10O4P2/c1-6-36(54)52-21-18-26(19-22-52)45-40-48-31(37(42)39(50-40)47-30-12-8-10-14-33(30)58(4,5)56)15-16-35(53)44-27-17-20-51(24-27)25-34-43-23-28(41)38(49-34)46-29-11-7-9-13-32(29)57(2,3)55/h6-16,23,26-27H,1,17-22,24-25H2,2-5H3,(H,44,53)(H,43,46,49)(H2,45,47,48,50)/b16-15+/t27-/m1/s1. The van der Waals surface area contributed by atoms with Gasteiger partial charge in [-0.3, -0.25) is 14.5 Å². The molecular formula is C40H48Cl2N10O4P2. The van der Waals surface area contributed by atoms with Crippen LogP contribution in [0.3, 0.4) is 0 Å². The van der Waals surface area contributed by atoms with Crippen molar-refractivity contribution in [2.45, 2.75) is 37.9 Å². The number of nitrogens with one attached hydrogen (secondary N) is 4. The van der Waals surface area contributed by atoms with E-state index in [-0.39, 0.29) is 34.7 Å². The highest BCUT2D eigenvalue weighted by atomic mass is 35.5. The van der Waals surface area contributed by atoms with Gasteiger partial charge < -0.3 is 35.3 Å². The Morgan fingerprint density at radius 1 is 0.845 bits per heavy atom. The molecule has 2 aromatic carbocycles. The van der Waals surface area contributed by atoms with Crippen LogP contribution in [-0.2, 0) is 25.3 Å². The molecule has 4 heterocycles. The molecule has 6 rings (SSSR count). The molecular weight excluding hydrogens is 817 g/mol. The van der Waals surface area contributed by atoms with E-state index in [1.165, 1.54) is 12.2 Å². The molecule has 58 heavy (non-hydrogen) atoms. The van der Waals surface area contributed by atoms with E-state index in [4.69, 9.17) is 23.2 Å². The zero-order chi connectivity index (χ0) is 41.6. The Bertz CT molecular complexity index is 2310. The molecule has 306 valence electrons. The Hall–Kier alpha value is -4.58. The highest BCUT2D eigenvalue weighted by Gasteiger charge is 2.26. The molecule has 14 nitrogen and oxygen atoms in total. The largest absolute Gasteiger partial charge is 0.351 e. The van der Waals surface area contributed by atoms with Crippen LogP contribution in [0, 0.1) is 0 Å². The van der Waals surface area contributed by atoms with Crippen LogP contribution in [0.1, 0.15) is 30.8 Å². The van der Waals surface area contributed by atoms with Crippen LogP contribution in [0.4, 0.5) is 29.0 Å². The molecule has 2 aromatic heterocycles. The molecule has 4 N–H and O–H groups in total. The predicted octanol–water partition coefficient (Wildman–Crippen LogP) is 6.55. The van der Waals surface area contributed by atoms with Crippen molar-refractivity contribution in [3.8, 4) is 0 Å². The quantitative estimate of drug-likeness (QED) is 0.0797. The molecule has 0 spiro atoms. The van der Waals surface area contributed by atoms with Crippen LogP contribution in [0.25, 0.3) is 6.08 Å². The first-order chi connectivity index (χ1) is 27.6. The van der Waals surface area contributed by atoms with Crippen molar-refractivity contribution >= 4 is 94.9 Å². The third-order valence-electron chi connectivity index (χ3n) is 9.84. The summed E-state index contributed by atoms with van der Waals surface area (Å²) in [5, 5.41) is 14.8. The van der Waals surface area contributed by atoms with Gasteiger partial charge in [-0.25, -0.2) is 15.0 Å². The van der Waals surface area contributed by atoms with Gasteiger partial charge in [-0.05, 0) is 82.3 Å². The third kappa shape index (κ3) is 11.1. The molecule has 2 aliphatic heterocycles. The number of amides is 2. The van der Waals surface area contributed by atoms with E-state index in [9.17, 15) is 18.7 Å². The van der Waals surface area contributed by atoms with E-state index >= 15 is 0 Å². The van der Waals surface area contributed by atoms with Crippen molar-refractivity contribution in [2.24, 2.45) is 0 Å². The summed E-state index contributed by atoms with van der Waals surface area (Å²) in [6.07, 6.45) is 7.89. The normalized spacial score (nSPS) is 16.7. The summed E-state index contributed by atoms with van der Waals surface area (Å²) >= 11 is 13.3. The maximum absolute atomic E-state index is 13.3. The van der Waals surface area contributed by atoms with E-state index < -0.39 is 14.3 Å². The molecule has 2 aliphatic rings. The minimum absolute atomic E-state index is 0.0117. The van der Waals surface area contributed by atoms with Gasteiger partial charge in [-0.1, -0.05) is 54.0 Å². The SMILES string of the molecule is C=CC(=O)N1CCC(Nc2nc(/C=C/C(=O)N[C@@H]3CCN(Cc4ncc(Cl)c(Nc5ccccc5P(C)(C)=O)n4)C3)c(Cl)c(Nc3ccccc3P(C)(C)=O)n2)CC1. The van der Waals surface area contributed by atoms with Gasteiger partial charge in [0.15, 0.2) is 11.6 Å². The third-order valence-corrected chi connectivity index (χ3v) is 13.6. The second kappa shape index (κ2) is 18.6. The number of benzene rings is 2. The molecule has 4 aromatic rings. The van der Waals surface area contributed by atoms with Gasteiger partial charge in [-0.2, -0.15) is 4.98 Å². The van der Waals surface area contributed by atoms with Crippen molar-refractivity contribution in [1.82, 2.24) is 35.1 Å². The summed E-state index contributed by atoms with van der Waals surface area (Å²) in [5.41, 5.74) is 1.59. The number of halogens is 2. The van der Waals surface area contributed by atoms with Crippen LogP contribution in [0.2, 0.25) is 10.0 Å². The Balaban J connectivity index is 1.13. The van der Waals surface area contributed by atoms with Crippen molar-refractivity contribution in [2.75, 3.05) is 68.8 Å². The lowest BCUT2D eigenvalue weighted by molar-refractivity contribution is -0.127. The smallest absolute Gasteiger partial charge is 0.245 e. The van der Waals surface area contributed by atoms with E-state index in [1.54, 1.807) is 43.8 Å². The maximum Gasteiger partial charge on any atom is 0.245 e. The number of carbonyl (C=O) groups excluding carboxylic acids is 2. The molecule has 2 saturated heterocycles. The molecule has 1 atom stereocenters. The van der Waals surface area contributed by atoms with Gasteiger partial charge in [0.2, 0.25) is 17.8 Å². The van der Waals surface area contributed by atoms with Gasteiger partial charge in [0.1, 0.15) is 30.2 Å². The van der Waals surface area contributed by atoms with Gasteiger partial charge in [0.25, 0.3) is 0 Å². The summed E-state index contributed by atoms with van der Waals surface area (Å²) in [4.78, 5) is 47.8. The first kappa shape index (κ1) is 43.0. The zero-order valence-electron chi connectivity index (χ0n) is 32.9. The minimum Gasteiger partial charge on any atom is -0.351 e. The van der Waals surface area contributed by atoms with Gasteiger partial charge >= 0.3 is 0 Å². The van der Waals surface area contributed by atoms with Crippen molar-refractivity contribution in [3.05, 3.63) is 95.0 Å². The fourth-order valence-corrected chi connectivity index (χ4v) is 9.54. The van der Waals surface area contributed by atoms with Gasteiger partial charge in [-0.15, -0.1) is 0 Å². The Kier molecular flexibility index (Phi) is 13.8. The van der Waals surface area contributed by atoms with Crippen LogP contribution in [-0.4, -0.2) is 106 Å². The van der Waals surface area contributed by atoms with Crippen LogP contribution < -0.4 is 31.9 Å². The number of likely N-dealkylation sites (tertiary alicyclic amines) is 2. The molecule has 0 saturated carbocycles. The summed E-state index contributed by atoms with van der Waals surface area (Å²) < 4.78 is 26.0. The highest BCUT2D eigenvalue weighted by molar-refractivity contribution is 7.70.